The van der Waals surface area contributed by atoms with Crippen molar-refractivity contribution >= 4 is 5.78 Å². The lowest BCUT2D eigenvalue weighted by Gasteiger charge is -2.14. The summed E-state index contributed by atoms with van der Waals surface area (Å²) >= 11 is 0. The molecule has 0 saturated carbocycles. The number of allylic oxidation sites excluding steroid dienone is 2. The number of hydrogen-bond donors (Lipinski definition) is 0. The molecule has 0 aliphatic carbocycles. The summed E-state index contributed by atoms with van der Waals surface area (Å²) in [6, 6.07) is 0. The Kier molecular flexibility index (Phi) is 5.36. The fourth-order valence-corrected chi connectivity index (χ4v) is 1.34. The molecule has 0 unspecified atom stereocenters. The Morgan fingerprint density at radius 2 is 1.92 bits per heavy atom. The van der Waals surface area contributed by atoms with E-state index >= 15 is 0 Å². The van der Waals surface area contributed by atoms with Crippen LogP contribution in [0.1, 0.15) is 33.6 Å². The van der Waals surface area contributed by atoms with E-state index in [1.807, 2.05) is 13.0 Å². The van der Waals surface area contributed by atoms with E-state index in [1.54, 1.807) is 6.92 Å². The first kappa shape index (κ1) is 12.2. The van der Waals surface area contributed by atoms with E-state index in [9.17, 15) is 4.79 Å². The summed E-state index contributed by atoms with van der Waals surface area (Å²) in [4.78, 5) is 11.2. The molecule has 0 heterocycles. The van der Waals surface area contributed by atoms with E-state index in [2.05, 4.69) is 20.1 Å². The largest absolute Gasteiger partial charge is 0.299 e. The van der Waals surface area contributed by atoms with Crippen molar-refractivity contribution < 1.29 is 4.79 Å². The zero-order chi connectivity index (χ0) is 10.4. The highest BCUT2D eigenvalue weighted by atomic mass is 16.1. The molecule has 74 valence electrons. The van der Waals surface area contributed by atoms with E-state index in [4.69, 9.17) is 0 Å². The SMILES string of the molecule is C=C[C@@H](C)CC[C@@H](C(=C)C)C(C)=O. The molecule has 0 N–H and O–H groups in total. The molecular formula is C12H20O. The summed E-state index contributed by atoms with van der Waals surface area (Å²) in [7, 11) is 0. The van der Waals surface area contributed by atoms with Crippen LogP contribution in [-0.4, -0.2) is 5.78 Å². The van der Waals surface area contributed by atoms with Crippen LogP contribution in [0.4, 0.5) is 0 Å². The number of ketones is 1. The van der Waals surface area contributed by atoms with Crippen LogP contribution in [0.25, 0.3) is 0 Å². The Bertz CT molecular complexity index is 189. The third-order valence-corrected chi connectivity index (χ3v) is 2.40. The second kappa shape index (κ2) is 5.74. The third kappa shape index (κ3) is 4.66. The topological polar surface area (TPSA) is 17.1 Å². The van der Waals surface area contributed by atoms with Crippen molar-refractivity contribution in [3.8, 4) is 0 Å². The molecule has 0 radical (unpaired) electrons. The number of rotatable bonds is 6. The lowest BCUT2D eigenvalue weighted by molar-refractivity contribution is -0.119. The molecule has 0 rings (SSSR count). The molecule has 1 nitrogen and oxygen atoms in total. The van der Waals surface area contributed by atoms with Gasteiger partial charge in [0.2, 0.25) is 0 Å². The molecule has 1 heteroatoms. The second-order valence-electron chi connectivity index (χ2n) is 3.80. The lowest BCUT2D eigenvalue weighted by Crippen LogP contribution is -2.12. The van der Waals surface area contributed by atoms with Gasteiger partial charge < -0.3 is 0 Å². The van der Waals surface area contributed by atoms with Crippen molar-refractivity contribution in [2.45, 2.75) is 33.6 Å². The Labute approximate surface area is 81.5 Å². The van der Waals surface area contributed by atoms with Crippen molar-refractivity contribution in [2.75, 3.05) is 0 Å². The Morgan fingerprint density at radius 3 is 2.23 bits per heavy atom. The first-order chi connectivity index (χ1) is 5.99. The Morgan fingerprint density at radius 1 is 1.38 bits per heavy atom. The van der Waals surface area contributed by atoms with Gasteiger partial charge in [-0.3, -0.25) is 4.79 Å². The predicted molar refractivity (Wildman–Crippen MR) is 57.6 cm³/mol. The smallest absolute Gasteiger partial charge is 0.136 e. The van der Waals surface area contributed by atoms with Crippen LogP contribution >= 0.6 is 0 Å². The van der Waals surface area contributed by atoms with Crippen LogP contribution in [0.5, 0.6) is 0 Å². The molecule has 0 aliphatic heterocycles. The van der Waals surface area contributed by atoms with Crippen LogP contribution in [0, 0.1) is 11.8 Å². The van der Waals surface area contributed by atoms with Gasteiger partial charge in [0.25, 0.3) is 0 Å². The summed E-state index contributed by atoms with van der Waals surface area (Å²) in [5.41, 5.74) is 0.976. The minimum absolute atomic E-state index is 0.0439. The maximum absolute atomic E-state index is 11.2. The van der Waals surface area contributed by atoms with Crippen molar-refractivity contribution in [1.29, 1.82) is 0 Å². The van der Waals surface area contributed by atoms with Crippen LogP contribution in [0.3, 0.4) is 0 Å². The number of carbonyl (C=O) groups excluding carboxylic acids is 1. The van der Waals surface area contributed by atoms with Crippen LogP contribution in [0.15, 0.2) is 24.8 Å². The van der Waals surface area contributed by atoms with E-state index in [0.717, 1.165) is 18.4 Å². The first-order valence-electron chi connectivity index (χ1n) is 4.77. The van der Waals surface area contributed by atoms with Gasteiger partial charge in [0, 0.05) is 5.92 Å². The zero-order valence-corrected chi connectivity index (χ0v) is 8.97. The van der Waals surface area contributed by atoms with Crippen molar-refractivity contribution in [3.63, 3.8) is 0 Å². The van der Waals surface area contributed by atoms with E-state index < -0.39 is 0 Å². The van der Waals surface area contributed by atoms with Gasteiger partial charge in [-0.25, -0.2) is 0 Å². The molecule has 0 aliphatic rings. The number of hydrogen-bond acceptors (Lipinski definition) is 1. The standard InChI is InChI=1S/C12H20O/c1-6-10(4)7-8-12(9(2)3)11(5)13/h6,10,12H,1-2,7-8H2,3-5H3/t10-,12+/m1/s1. The summed E-state index contributed by atoms with van der Waals surface area (Å²) in [6.07, 6.45) is 3.84. The molecular weight excluding hydrogens is 160 g/mol. The van der Waals surface area contributed by atoms with Crippen LogP contribution in [0.2, 0.25) is 0 Å². The minimum atomic E-state index is 0.0439. The summed E-state index contributed by atoms with van der Waals surface area (Å²) in [5.74, 6) is 0.757. The highest BCUT2D eigenvalue weighted by molar-refractivity contribution is 5.80. The third-order valence-electron chi connectivity index (χ3n) is 2.40. The van der Waals surface area contributed by atoms with E-state index in [0.29, 0.717) is 5.92 Å². The molecule has 0 bridgehead atoms. The highest BCUT2D eigenvalue weighted by Crippen LogP contribution is 2.19. The van der Waals surface area contributed by atoms with Crippen LogP contribution < -0.4 is 0 Å². The van der Waals surface area contributed by atoms with Gasteiger partial charge in [0.05, 0.1) is 0 Å². The minimum Gasteiger partial charge on any atom is -0.299 e. The van der Waals surface area contributed by atoms with Gasteiger partial charge >= 0.3 is 0 Å². The highest BCUT2D eigenvalue weighted by Gasteiger charge is 2.14. The predicted octanol–water partition coefficient (Wildman–Crippen LogP) is 3.37. The molecule has 0 aromatic carbocycles. The second-order valence-corrected chi connectivity index (χ2v) is 3.80. The quantitative estimate of drug-likeness (QED) is 0.573. The first-order valence-corrected chi connectivity index (χ1v) is 4.77. The maximum atomic E-state index is 11.2. The molecule has 2 atom stereocenters. The summed E-state index contributed by atoms with van der Waals surface area (Å²) in [5, 5.41) is 0. The fourth-order valence-electron chi connectivity index (χ4n) is 1.34. The van der Waals surface area contributed by atoms with Gasteiger partial charge in [-0.2, -0.15) is 0 Å². The zero-order valence-electron chi connectivity index (χ0n) is 8.97. The molecule has 13 heavy (non-hydrogen) atoms. The van der Waals surface area contributed by atoms with E-state index in [-0.39, 0.29) is 11.7 Å². The molecule has 0 saturated heterocycles. The lowest BCUT2D eigenvalue weighted by atomic mass is 9.89. The summed E-state index contributed by atoms with van der Waals surface area (Å²) in [6.45, 7) is 13.2. The van der Waals surface area contributed by atoms with Crippen molar-refractivity contribution in [3.05, 3.63) is 24.8 Å². The maximum Gasteiger partial charge on any atom is 0.136 e. The van der Waals surface area contributed by atoms with Gasteiger partial charge in [0.1, 0.15) is 5.78 Å². The molecule has 0 aromatic rings. The Balaban J connectivity index is 4.05. The molecule has 0 fully saturated rings. The Hall–Kier alpha value is -0.850. The molecule has 0 amide bonds. The summed E-state index contributed by atoms with van der Waals surface area (Å²) < 4.78 is 0. The van der Waals surface area contributed by atoms with E-state index in [1.165, 1.54) is 0 Å². The number of carbonyl (C=O) groups is 1. The molecule has 0 spiro atoms. The van der Waals surface area contributed by atoms with Gasteiger partial charge in [-0.15, -0.1) is 6.58 Å². The average molecular weight is 180 g/mol. The average Bonchev–Trinajstić information content (AvgIpc) is 2.03. The molecule has 0 aromatic heterocycles. The van der Waals surface area contributed by atoms with Gasteiger partial charge in [0.15, 0.2) is 0 Å². The fraction of sp³-hybridized carbons (Fsp3) is 0.583. The van der Waals surface area contributed by atoms with Crippen LogP contribution in [-0.2, 0) is 4.79 Å². The van der Waals surface area contributed by atoms with Gasteiger partial charge in [-0.05, 0) is 32.6 Å². The van der Waals surface area contributed by atoms with Gasteiger partial charge in [-0.1, -0.05) is 25.2 Å². The van der Waals surface area contributed by atoms with Crippen molar-refractivity contribution in [1.82, 2.24) is 0 Å². The normalized spacial score (nSPS) is 14.7. The monoisotopic (exact) mass is 180 g/mol. The van der Waals surface area contributed by atoms with Crippen molar-refractivity contribution in [2.24, 2.45) is 11.8 Å². The number of Topliss-reactive ketones (excluding diaryl/α,β-unsaturated/α-hetero) is 1.